The Morgan fingerprint density at radius 3 is 2.95 bits per heavy atom. The zero-order valence-corrected chi connectivity index (χ0v) is 13.6. The highest BCUT2D eigenvalue weighted by atomic mass is 32.1. The van der Waals surface area contributed by atoms with Crippen LogP contribution >= 0.6 is 23.6 Å². The quantitative estimate of drug-likeness (QED) is 0.654. The van der Waals surface area contributed by atoms with E-state index in [0.29, 0.717) is 14.8 Å². The number of nitrogens with one attached hydrogen (secondary N) is 1. The normalized spacial score (nSPS) is 17.0. The highest BCUT2D eigenvalue weighted by Crippen LogP contribution is 2.41. The van der Waals surface area contributed by atoms with Crippen molar-refractivity contribution in [2.24, 2.45) is 4.99 Å². The molecule has 2 aliphatic rings. The van der Waals surface area contributed by atoms with Crippen molar-refractivity contribution in [3.63, 3.8) is 0 Å². The average Bonchev–Trinajstić information content (AvgIpc) is 2.95. The predicted octanol–water partition coefficient (Wildman–Crippen LogP) is 3.36. The number of phenols is 1. The van der Waals surface area contributed by atoms with Gasteiger partial charge in [-0.15, -0.1) is 5.10 Å². The van der Waals surface area contributed by atoms with E-state index in [1.54, 1.807) is 6.21 Å². The number of aromatic amines is 1. The van der Waals surface area contributed by atoms with Gasteiger partial charge in [0, 0.05) is 36.1 Å². The molecule has 2 N–H and O–H groups in total. The summed E-state index contributed by atoms with van der Waals surface area (Å²) in [6, 6.07) is 2.07. The molecule has 0 radical (unpaired) electrons. The Labute approximate surface area is 137 Å². The predicted molar refractivity (Wildman–Crippen MR) is 91.5 cm³/mol. The molecule has 0 saturated heterocycles. The molecule has 2 aromatic rings. The summed E-state index contributed by atoms with van der Waals surface area (Å²) in [5.74, 6) is 0.369. The van der Waals surface area contributed by atoms with Gasteiger partial charge >= 0.3 is 0 Å². The maximum atomic E-state index is 10.6. The number of H-pyrrole nitrogens is 1. The number of nitrogens with zero attached hydrogens (tertiary/aromatic N) is 3. The fraction of sp³-hybridized carbons (Fsp3) is 0.400. The van der Waals surface area contributed by atoms with Crippen molar-refractivity contribution in [1.29, 1.82) is 0 Å². The Bertz CT molecular complexity index is 806. The van der Waals surface area contributed by atoms with Gasteiger partial charge in [-0.25, -0.2) is 4.99 Å². The standard InChI is InChI=1S/C15H16N4OS2/c20-13-10(8-16-14-17-18-15(21)22-14)7-9-3-1-5-19-6-2-4-11(13)12(9)19/h7-8,20H,1-6H2,(H,18,21)/b16-8+. The average molecular weight is 332 g/mol. The maximum Gasteiger partial charge on any atom is 0.230 e. The molecule has 1 aromatic heterocycles. The lowest BCUT2D eigenvalue weighted by atomic mass is 9.89. The van der Waals surface area contributed by atoms with Gasteiger partial charge in [0.25, 0.3) is 0 Å². The van der Waals surface area contributed by atoms with E-state index in [4.69, 9.17) is 12.2 Å². The number of aromatic hydroxyl groups is 1. The van der Waals surface area contributed by atoms with E-state index in [-0.39, 0.29) is 0 Å². The van der Waals surface area contributed by atoms with Gasteiger partial charge in [-0.05, 0) is 49.5 Å². The Hall–Kier alpha value is -1.73. The molecule has 0 fully saturated rings. The molecule has 1 aromatic carbocycles. The van der Waals surface area contributed by atoms with Gasteiger partial charge in [-0.3, -0.25) is 5.10 Å². The van der Waals surface area contributed by atoms with Crippen molar-refractivity contribution >= 4 is 40.6 Å². The molecule has 7 heteroatoms. The molecule has 3 heterocycles. The number of aliphatic imine (C=N–C) groups is 1. The van der Waals surface area contributed by atoms with Gasteiger partial charge in [0.15, 0.2) is 3.95 Å². The third-order valence-corrected chi connectivity index (χ3v) is 5.26. The highest BCUT2D eigenvalue weighted by molar-refractivity contribution is 7.73. The largest absolute Gasteiger partial charge is 0.507 e. The third-order valence-electron chi connectivity index (χ3n) is 4.27. The Morgan fingerprint density at radius 2 is 2.18 bits per heavy atom. The van der Waals surface area contributed by atoms with E-state index in [1.165, 1.54) is 29.0 Å². The van der Waals surface area contributed by atoms with Crippen LogP contribution in [0.1, 0.15) is 29.5 Å². The molecular weight excluding hydrogens is 316 g/mol. The van der Waals surface area contributed by atoms with Crippen LogP contribution < -0.4 is 4.90 Å². The highest BCUT2D eigenvalue weighted by Gasteiger charge is 2.27. The van der Waals surface area contributed by atoms with E-state index in [1.807, 2.05) is 0 Å². The molecule has 0 spiro atoms. The first-order valence-corrected chi connectivity index (χ1v) is 8.67. The second-order valence-corrected chi connectivity index (χ2v) is 7.29. The van der Waals surface area contributed by atoms with Gasteiger partial charge in [0.1, 0.15) is 5.75 Å². The van der Waals surface area contributed by atoms with Crippen LogP contribution in [0, 0.1) is 3.95 Å². The number of hydrogen-bond acceptors (Lipinski definition) is 6. The fourth-order valence-electron chi connectivity index (χ4n) is 3.37. The van der Waals surface area contributed by atoms with Crippen molar-refractivity contribution in [2.45, 2.75) is 25.7 Å². The number of anilines is 1. The first-order valence-electron chi connectivity index (χ1n) is 7.44. The lowest BCUT2D eigenvalue weighted by Gasteiger charge is -2.37. The summed E-state index contributed by atoms with van der Waals surface area (Å²) in [7, 11) is 0. The van der Waals surface area contributed by atoms with E-state index in [2.05, 4.69) is 26.2 Å². The first-order chi connectivity index (χ1) is 10.7. The zero-order valence-electron chi connectivity index (χ0n) is 12.0. The van der Waals surface area contributed by atoms with Gasteiger partial charge in [0.2, 0.25) is 5.13 Å². The molecule has 0 amide bonds. The van der Waals surface area contributed by atoms with E-state index >= 15 is 0 Å². The van der Waals surface area contributed by atoms with Gasteiger partial charge in [-0.1, -0.05) is 11.3 Å². The lowest BCUT2D eigenvalue weighted by Crippen LogP contribution is -2.34. The molecular formula is C15H16N4OS2. The number of aryl methyl sites for hydroxylation is 1. The fourth-order valence-corrected chi connectivity index (χ4v) is 4.09. The van der Waals surface area contributed by atoms with Crippen LogP contribution in [0.25, 0.3) is 0 Å². The minimum atomic E-state index is 0.369. The number of rotatable bonds is 2. The molecule has 0 atom stereocenters. The monoisotopic (exact) mass is 332 g/mol. The van der Waals surface area contributed by atoms with Crippen LogP contribution in [0.4, 0.5) is 10.8 Å². The number of phenolic OH excluding ortho intramolecular Hbond substituents is 1. The van der Waals surface area contributed by atoms with Crippen molar-refractivity contribution < 1.29 is 5.11 Å². The minimum Gasteiger partial charge on any atom is -0.507 e. The molecule has 2 aliphatic heterocycles. The van der Waals surface area contributed by atoms with E-state index < -0.39 is 0 Å². The van der Waals surface area contributed by atoms with Crippen LogP contribution in [0.3, 0.4) is 0 Å². The summed E-state index contributed by atoms with van der Waals surface area (Å²) in [6.45, 7) is 2.20. The van der Waals surface area contributed by atoms with E-state index in [0.717, 1.165) is 43.5 Å². The topological polar surface area (TPSA) is 64.5 Å². The Balaban J connectivity index is 1.77. The Morgan fingerprint density at radius 1 is 1.36 bits per heavy atom. The molecule has 4 rings (SSSR count). The molecule has 0 unspecified atom stereocenters. The number of aromatic nitrogens is 2. The van der Waals surface area contributed by atoms with Crippen LogP contribution in [0.15, 0.2) is 11.1 Å². The van der Waals surface area contributed by atoms with Crippen molar-refractivity contribution in [3.8, 4) is 5.75 Å². The third kappa shape index (κ3) is 2.34. The van der Waals surface area contributed by atoms with Crippen LogP contribution in [-0.4, -0.2) is 34.6 Å². The van der Waals surface area contributed by atoms with Gasteiger partial charge < -0.3 is 10.0 Å². The van der Waals surface area contributed by atoms with Crippen LogP contribution in [0.2, 0.25) is 0 Å². The van der Waals surface area contributed by atoms with Crippen molar-refractivity contribution in [1.82, 2.24) is 10.2 Å². The van der Waals surface area contributed by atoms with Crippen molar-refractivity contribution in [2.75, 3.05) is 18.0 Å². The Kier molecular flexibility index (Phi) is 3.46. The van der Waals surface area contributed by atoms with Gasteiger partial charge in [0.05, 0.1) is 0 Å². The zero-order chi connectivity index (χ0) is 15.1. The molecule has 5 nitrogen and oxygen atoms in total. The number of benzene rings is 1. The van der Waals surface area contributed by atoms with Crippen LogP contribution in [0.5, 0.6) is 5.75 Å². The SMILES string of the molecule is Oc1c(/C=N/c2n[nH]c(=S)s2)cc2c3c1CCCN3CCC2. The molecule has 114 valence electrons. The lowest BCUT2D eigenvalue weighted by molar-refractivity contribution is 0.461. The number of hydrogen-bond donors (Lipinski definition) is 2. The van der Waals surface area contributed by atoms with E-state index in [9.17, 15) is 5.11 Å². The summed E-state index contributed by atoms with van der Waals surface area (Å²) in [4.78, 5) is 6.74. The maximum absolute atomic E-state index is 10.6. The summed E-state index contributed by atoms with van der Waals surface area (Å²) < 4.78 is 0.604. The summed E-state index contributed by atoms with van der Waals surface area (Å²) in [5, 5.41) is 17.9. The molecule has 0 bridgehead atoms. The van der Waals surface area contributed by atoms with Crippen molar-refractivity contribution in [3.05, 3.63) is 26.7 Å². The molecule has 22 heavy (non-hydrogen) atoms. The van der Waals surface area contributed by atoms with Gasteiger partial charge in [-0.2, -0.15) is 0 Å². The second kappa shape index (κ2) is 5.48. The summed E-state index contributed by atoms with van der Waals surface area (Å²) in [6.07, 6.45) is 5.98. The smallest absolute Gasteiger partial charge is 0.230 e. The molecule has 0 aliphatic carbocycles. The minimum absolute atomic E-state index is 0.369. The first kappa shape index (κ1) is 13.9. The summed E-state index contributed by atoms with van der Waals surface area (Å²) >= 11 is 6.32. The van der Waals surface area contributed by atoms with Crippen LogP contribution in [-0.2, 0) is 12.8 Å². The second-order valence-electron chi connectivity index (χ2n) is 5.65. The molecule has 0 saturated carbocycles. The summed E-state index contributed by atoms with van der Waals surface area (Å²) in [5.41, 5.74) is 4.45.